The Hall–Kier alpha value is 0.1000. The number of halogens is 2. The molecule has 1 aromatic rings. The van der Waals surface area contributed by atoms with E-state index in [0.29, 0.717) is 11.1 Å². The zero-order valence-corrected chi connectivity index (χ0v) is 11.5. The van der Waals surface area contributed by atoms with E-state index in [-0.39, 0.29) is 5.41 Å². The zero-order chi connectivity index (χ0) is 10.6. The number of nitrogens with zero attached hydrogens (tertiary/aromatic N) is 2. The molecule has 80 valence electrons. The van der Waals surface area contributed by atoms with Gasteiger partial charge in [0.2, 0.25) is 0 Å². The predicted octanol–water partition coefficient (Wildman–Crippen LogP) is 3.66. The Morgan fingerprint density at radius 2 is 2.00 bits per heavy atom. The van der Waals surface area contributed by atoms with Gasteiger partial charge in [-0.15, -0.1) is 0 Å². The van der Waals surface area contributed by atoms with Crippen molar-refractivity contribution in [3.63, 3.8) is 0 Å². The summed E-state index contributed by atoms with van der Waals surface area (Å²) in [5.41, 5.74) is 1.41. The molecule has 2 aliphatic carbocycles. The van der Waals surface area contributed by atoms with Gasteiger partial charge in [0.15, 0.2) is 0 Å². The standard InChI is InChI=1S/C11H12ClIN2/c1-11(4-5-11)10-14-8(6-2-3-6)7(13)9(12)15-10/h6H,2-5H2,1H3. The molecule has 0 atom stereocenters. The lowest BCUT2D eigenvalue weighted by molar-refractivity contribution is 0.694. The Labute approximate surface area is 108 Å². The van der Waals surface area contributed by atoms with E-state index in [4.69, 9.17) is 16.6 Å². The van der Waals surface area contributed by atoms with Crippen molar-refractivity contribution in [1.82, 2.24) is 9.97 Å². The quantitative estimate of drug-likeness (QED) is 0.609. The smallest absolute Gasteiger partial charge is 0.146 e. The van der Waals surface area contributed by atoms with Gasteiger partial charge in [-0.3, -0.25) is 0 Å². The summed E-state index contributed by atoms with van der Waals surface area (Å²) in [4.78, 5) is 9.15. The molecule has 0 aliphatic heterocycles. The average molecular weight is 335 g/mol. The lowest BCUT2D eigenvalue weighted by Gasteiger charge is -2.11. The molecule has 15 heavy (non-hydrogen) atoms. The van der Waals surface area contributed by atoms with E-state index in [2.05, 4.69) is 34.5 Å². The number of rotatable bonds is 2. The topological polar surface area (TPSA) is 25.8 Å². The molecule has 3 rings (SSSR count). The molecule has 0 saturated heterocycles. The lowest BCUT2D eigenvalue weighted by atomic mass is 10.1. The van der Waals surface area contributed by atoms with Crippen LogP contribution in [0.2, 0.25) is 5.15 Å². The molecule has 0 radical (unpaired) electrons. The van der Waals surface area contributed by atoms with Crippen LogP contribution in [0.1, 0.15) is 50.0 Å². The minimum Gasteiger partial charge on any atom is -0.236 e. The monoisotopic (exact) mass is 334 g/mol. The maximum Gasteiger partial charge on any atom is 0.146 e. The SMILES string of the molecule is CC1(c2nc(Cl)c(I)c(C3CC3)n2)CC1. The number of hydrogen-bond acceptors (Lipinski definition) is 2. The van der Waals surface area contributed by atoms with Crippen molar-refractivity contribution in [3.05, 3.63) is 20.2 Å². The van der Waals surface area contributed by atoms with E-state index in [1.54, 1.807) is 0 Å². The van der Waals surface area contributed by atoms with Gasteiger partial charge in [-0.25, -0.2) is 9.97 Å². The molecule has 2 aliphatic rings. The van der Waals surface area contributed by atoms with Gasteiger partial charge in [0.1, 0.15) is 11.0 Å². The number of hydrogen-bond donors (Lipinski definition) is 0. The van der Waals surface area contributed by atoms with E-state index in [0.717, 1.165) is 9.39 Å². The minimum atomic E-state index is 0.220. The molecule has 0 spiro atoms. The Morgan fingerprint density at radius 3 is 2.53 bits per heavy atom. The summed E-state index contributed by atoms with van der Waals surface area (Å²) >= 11 is 8.43. The van der Waals surface area contributed by atoms with Crippen molar-refractivity contribution in [1.29, 1.82) is 0 Å². The molecule has 2 nitrogen and oxygen atoms in total. The van der Waals surface area contributed by atoms with E-state index < -0.39 is 0 Å². The van der Waals surface area contributed by atoms with Gasteiger partial charge in [0.25, 0.3) is 0 Å². The normalized spacial score (nSPS) is 22.9. The summed E-state index contributed by atoms with van der Waals surface area (Å²) in [5.74, 6) is 1.62. The summed E-state index contributed by atoms with van der Waals surface area (Å²) in [6.45, 7) is 2.22. The van der Waals surface area contributed by atoms with Crippen molar-refractivity contribution >= 4 is 34.2 Å². The fourth-order valence-electron chi connectivity index (χ4n) is 1.74. The maximum atomic E-state index is 6.17. The van der Waals surface area contributed by atoms with E-state index in [9.17, 15) is 0 Å². The van der Waals surface area contributed by atoms with Crippen LogP contribution in [0.25, 0.3) is 0 Å². The van der Waals surface area contributed by atoms with Crippen LogP contribution in [-0.4, -0.2) is 9.97 Å². The van der Waals surface area contributed by atoms with Crippen LogP contribution < -0.4 is 0 Å². The first-order valence-electron chi connectivity index (χ1n) is 5.33. The number of aromatic nitrogens is 2. The van der Waals surface area contributed by atoms with Gasteiger partial charge in [0.05, 0.1) is 9.26 Å². The van der Waals surface area contributed by atoms with Crippen LogP contribution in [0, 0.1) is 3.57 Å². The maximum absolute atomic E-state index is 6.17. The van der Waals surface area contributed by atoms with E-state index in [1.807, 2.05) is 0 Å². The molecule has 0 unspecified atom stereocenters. The molecular formula is C11H12ClIN2. The van der Waals surface area contributed by atoms with E-state index >= 15 is 0 Å². The van der Waals surface area contributed by atoms with Crippen LogP contribution in [0.4, 0.5) is 0 Å². The molecule has 2 saturated carbocycles. The molecular weight excluding hydrogens is 322 g/mol. The van der Waals surface area contributed by atoms with Gasteiger partial charge in [0, 0.05) is 11.3 Å². The van der Waals surface area contributed by atoms with Crippen LogP contribution >= 0.6 is 34.2 Å². The van der Waals surface area contributed by atoms with Gasteiger partial charge < -0.3 is 0 Å². The highest BCUT2D eigenvalue weighted by molar-refractivity contribution is 14.1. The van der Waals surface area contributed by atoms with Crippen LogP contribution in [0.3, 0.4) is 0 Å². The van der Waals surface area contributed by atoms with Crippen molar-refractivity contribution in [2.24, 2.45) is 0 Å². The molecule has 0 bridgehead atoms. The summed E-state index contributed by atoms with van der Waals surface area (Å²) in [6.07, 6.45) is 4.93. The highest BCUT2D eigenvalue weighted by Gasteiger charge is 2.43. The van der Waals surface area contributed by atoms with Crippen molar-refractivity contribution in [2.45, 2.75) is 43.9 Å². The summed E-state index contributed by atoms with van der Waals surface area (Å²) in [6, 6.07) is 0. The fraction of sp³-hybridized carbons (Fsp3) is 0.636. The summed E-state index contributed by atoms with van der Waals surface area (Å²) in [5, 5.41) is 0.649. The predicted molar refractivity (Wildman–Crippen MR) is 68.3 cm³/mol. The molecule has 0 aromatic carbocycles. The minimum absolute atomic E-state index is 0.220. The molecule has 1 heterocycles. The van der Waals surface area contributed by atoms with Crippen molar-refractivity contribution in [2.75, 3.05) is 0 Å². The Morgan fingerprint density at radius 1 is 1.33 bits per heavy atom. The van der Waals surface area contributed by atoms with Crippen molar-refractivity contribution < 1.29 is 0 Å². The molecule has 2 fully saturated rings. The lowest BCUT2D eigenvalue weighted by Crippen LogP contribution is -2.10. The fourth-order valence-corrected chi connectivity index (χ4v) is 2.60. The highest BCUT2D eigenvalue weighted by Crippen LogP contribution is 2.48. The van der Waals surface area contributed by atoms with Crippen LogP contribution in [0.15, 0.2) is 0 Å². The first-order valence-corrected chi connectivity index (χ1v) is 6.79. The van der Waals surface area contributed by atoms with Crippen LogP contribution in [-0.2, 0) is 5.41 Å². The summed E-state index contributed by atoms with van der Waals surface area (Å²) in [7, 11) is 0. The molecule has 0 amide bonds. The zero-order valence-electron chi connectivity index (χ0n) is 8.56. The summed E-state index contributed by atoms with van der Waals surface area (Å²) < 4.78 is 1.06. The van der Waals surface area contributed by atoms with Crippen molar-refractivity contribution in [3.8, 4) is 0 Å². The second-order valence-corrected chi connectivity index (χ2v) is 6.31. The third-order valence-electron chi connectivity index (χ3n) is 3.34. The third-order valence-corrected chi connectivity index (χ3v) is 5.00. The van der Waals surface area contributed by atoms with Gasteiger partial charge in [-0.05, 0) is 48.3 Å². The van der Waals surface area contributed by atoms with Gasteiger partial charge in [-0.1, -0.05) is 18.5 Å². The Kier molecular flexibility index (Phi) is 2.26. The van der Waals surface area contributed by atoms with Gasteiger partial charge >= 0.3 is 0 Å². The molecule has 1 aromatic heterocycles. The first kappa shape index (κ1) is 10.3. The first-order chi connectivity index (χ1) is 7.10. The second kappa shape index (κ2) is 3.29. The van der Waals surface area contributed by atoms with Gasteiger partial charge in [-0.2, -0.15) is 0 Å². The largest absolute Gasteiger partial charge is 0.236 e. The van der Waals surface area contributed by atoms with E-state index in [1.165, 1.54) is 31.4 Å². The highest BCUT2D eigenvalue weighted by atomic mass is 127. The second-order valence-electron chi connectivity index (χ2n) is 4.87. The molecule has 4 heteroatoms. The Bertz CT molecular complexity index is 425. The van der Waals surface area contributed by atoms with Crippen LogP contribution in [0.5, 0.6) is 0 Å². The molecule has 0 N–H and O–H groups in total. The average Bonchev–Trinajstić information content (AvgIpc) is 3.04. The third kappa shape index (κ3) is 1.78. The Balaban J connectivity index is 2.09.